The van der Waals surface area contributed by atoms with Crippen LogP contribution in [-0.4, -0.2) is 15.7 Å². The van der Waals surface area contributed by atoms with Crippen molar-refractivity contribution in [2.75, 3.05) is 5.32 Å². The van der Waals surface area contributed by atoms with E-state index in [-0.39, 0.29) is 18.0 Å². The summed E-state index contributed by atoms with van der Waals surface area (Å²) in [6.45, 7) is 1.83. The molecule has 2 aromatic carbocycles. The maximum absolute atomic E-state index is 12.2. The minimum Gasteiger partial charge on any atom is -0.324 e. The molecule has 0 atom stereocenters. The Kier molecular flexibility index (Phi) is 5.09. The predicted octanol–water partition coefficient (Wildman–Crippen LogP) is 3.62. The summed E-state index contributed by atoms with van der Waals surface area (Å²) in [5.74, 6) is -0.300. The zero-order chi connectivity index (χ0) is 17.8. The first-order valence-corrected chi connectivity index (χ1v) is 8.51. The van der Waals surface area contributed by atoms with Crippen molar-refractivity contribution in [1.29, 1.82) is 0 Å². The number of halogens is 1. The number of benzene rings is 2. The van der Waals surface area contributed by atoms with Crippen LogP contribution in [0.5, 0.6) is 0 Å². The molecule has 0 unspecified atom stereocenters. The Morgan fingerprint density at radius 1 is 1.04 bits per heavy atom. The summed E-state index contributed by atoms with van der Waals surface area (Å²) < 4.78 is 2.13. The van der Waals surface area contributed by atoms with Crippen molar-refractivity contribution in [2.45, 2.75) is 13.5 Å². The SMILES string of the molecule is Cc1ccc(NC(=O)Cn2nc(-c3ccc(Br)cc3)ccc2=O)cc1. The van der Waals surface area contributed by atoms with Gasteiger partial charge in [-0.2, -0.15) is 5.10 Å². The summed E-state index contributed by atoms with van der Waals surface area (Å²) in [6.07, 6.45) is 0. The van der Waals surface area contributed by atoms with Gasteiger partial charge >= 0.3 is 0 Å². The molecular formula is C19H16BrN3O2. The number of amides is 1. The lowest BCUT2D eigenvalue weighted by Crippen LogP contribution is -2.29. The monoisotopic (exact) mass is 397 g/mol. The molecule has 0 radical (unpaired) electrons. The number of nitrogens with one attached hydrogen (secondary N) is 1. The molecule has 1 N–H and O–H groups in total. The van der Waals surface area contributed by atoms with Crippen LogP contribution in [0.15, 0.2) is 69.9 Å². The number of aryl methyl sites for hydroxylation is 1. The maximum atomic E-state index is 12.2. The Morgan fingerprint density at radius 3 is 2.40 bits per heavy atom. The van der Waals surface area contributed by atoms with E-state index in [4.69, 9.17) is 0 Å². The highest BCUT2D eigenvalue weighted by Crippen LogP contribution is 2.18. The number of hydrogen-bond donors (Lipinski definition) is 1. The zero-order valence-electron chi connectivity index (χ0n) is 13.6. The van der Waals surface area contributed by atoms with Crippen LogP contribution in [0.4, 0.5) is 5.69 Å². The smallest absolute Gasteiger partial charge is 0.267 e. The number of carbonyl (C=O) groups excluding carboxylic acids is 1. The number of carbonyl (C=O) groups is 1. The van der Waals surface area contributed by atoms with E-state index in [2.05, 4.69) is 26.3 Å². The van der Waals surface area contributed by atoms with Crippen LogP contribution in [0.25, 0.3) is 11.3 Å². The average molecular weight is 398 g/mol. The van der Waals surface area contributed by atoms with Crippen LogP contribution in [0.3, 0.4) is 0 Å². The minimum atomic E-state index is -0.320. The molecule has 0 saturated heterocycles. The van der Waals surface area contributed by atoms with E-state index in [1.54, 1.807) is 6.07 Å². The van der Waals surface area contributed by atoms with Crippen LogP contribution < -0.4 is 10.9 Å². The number of aromatic nitrogens is 2. The number of rotatable bonds is 4. The second-order valence-electron chi connectivity index (χ2n) is 5.64. The molecule has 0 bridgehead atoms. The standard InChI is InChI=1S/C19H16BrN3O2/c1-13-2-8-16(9-3-13)21-18(24)12-23-19(25)11-10-17(22-23)14-4-6-15(20)7-5-14/h2-11H,12H2,1H3,(H,21,24). The van der Waals surface area contributed by atoms with E-state index in [0.717, 1.165) is 15.6 Å². The Hall–Kier alpha value is -2.73. The second kappa shape index (κ2) is 7.44. The molecule has 25 heavy (non-hydrogen) atoms. The van der Waals surface area contributed by atoms with Gasteiger partial charge in [0.1, 0.15) is 6.54 Å². The second-order valence-corrected chi connectivity index (χ2v) is 6.55. The fourth-order valence-electron chi connectivity index (χ4n) is 2.31. The molecule has 6 heteroatoms. The predicted molar refractivity (Wildman–Crippen MR) is 101 cm³/mol. The van der Waals surface area contributed by atoms with E-state index in [1.807, 2.05) is 55.5 Å². The van der Waals surface area contributed by atoms with Gasteiger partial charge in [0.25, 0.3) is 5.56 Å². The first-order valence-electron chi connectivity index (χ1n) is 7.72. The third kappa shape index (κ3) is 4.42. The fourth-order valence-corrected chi connectivity index (χ4v) is 2.57. The summed E-state index contributed by atoms with van der Waals surface area (Å²) in [7, 11) is 0. The van der Waals surface area contributed by atoms with Gasteiger partial charge in [-0.05, 0) is 37.3 Å². The van der Waals surface area contributed by atoms with Crippen LogP contribution in [0.1, 0.15) is 5.56 Å². The Bertz CT molecular complexity index is 948. The van der Waals surface area contributed by atoms with Crippen molar-refractivity contribution < 1.29 is 4.79 Å². The van der Waals surface area contributed by atoms with Gasteiger partial charge in [-0.25, -0.2) is 4.68 Å². The van der Waals surface area contributed by atoms with Crippen molar-refractivity contribution in [1.82, 2.24) is 9.78 Å². The van der Waals surface area contributed by atoms with Crippen LogP contribution in [0, 0.1) is 6.92 Å². The van der Waals surface area contributed by atoms with Gasteiger partial charge in [-0.3, -0.25) is 9.59 Å². The molecule has 0 aliphatic carbocycles. The Labute approximate surface area is 153 Å². The van der Waals surface area contributed by atoms with Crippen LogP contribution in [0.2, 0.25) is 0 Å². The highest BCUT2D eigenvalue weighted by atomic mass is 79.9. The molecule has 1 aromatic heterocycles. The number of anilines is 1. The first kappa shape index (κ1) is 17.1. The molecule has 0 saturated carbocycles. The van der Waals surface area contributed by atoms with E-state index in [0.29, 0.717) is 11.4 Å². The summed E-state index contributed by atoms with van der Waals surface area (Å²) in [5, 5.41) is 7.06. The number of nitrogens with zero attached hydrogens (tertiary/aromatic N) is 2. The van der Waals surface area contributed by atoms with E-state index in [1.165, 1.54) is 10.7 Å². The lowest BCUT2D eigenvalue weighted by Gasteiger charge is -2.08. The summed E-state index contributed by atoms with van der Waals surface area (Å²) in [5.41, 5.74) is 2.98. The molecule has 0 aliphatic rings. The van der Waals surface area contributed by atoms with Crippen molar-refractivity contribution in [3.8, 4) is 11.3 Å². The van der Waals surface area contributed by atoms with Crippen molar-refractivity contribution in [2.24, 2.45) is 0 Å². The quantitative estimate of drug-likeness (QED) is 0.730. The van der Waals surface area contributed by atoms with E-state index >= 15 is 0 Å². The number of hydrogen-bond acceptors (Lipinski definition) is 3. The molecule has 1 heterocycles. The zero-order valence-corrected chi connectivity index (χ0v) is 15.2. The van der Waals surface area contributed by atoms with Gasteiger partial charge in [-0.1, -0.05) is 45.8 Å². The normalized spacial score (nSPS) is 10.5. The summed E-state index contributed by atoms with van der Waals surface area (Å²) in [6, 6.07) is 18.1. The van der Waals surface area contributed by atoms with E-state index in [9.17, 15) is 9.59 Å². The largest absolute Gasteiger partial charge is 0.324 e. The molecule has 3 rings (SSSR count). The van der Waals surface area contributed by atoms with Gasteiger partial charge < -0.3 is 5.32 Å². The summed E-state index contributed by atoms with van der Waals surface area (Å²) in [4.78, 5) is 24.2. The fraction of sp³-hybridized carbons (Fsp3) is 0.105. The molecule has 126 valence electrons. The van der Waals surface area contributed by atoms with Gasteiger partial charge in [0.15, 0.2) is 0 Å². The average Bonchev–Trinajstić information content (AvgIpc) is 2.60. The van der Waals surface area contributed by atoms with Gasteiger partial charge in [0, 0.05) is 21.8 Å². The van der Waals surface area contributed by atoms with Gasteiger partial charge in [0.2, 0.25) is 5.91 Å². The van der Waals surface area contributed by atoms with Crippen LogP contribution >= 0.6 is 15.9 Å². The highest BCUT2D eigenvalue weighted by molar-refractivity contribution is 9.10. The van der Waals surface area contributed by atoms with E-state index < -0.39 is 0 Å². The third-order valence-electron chi connectivity index (χ3n) is 3.64. The van der Waals surface area contributed by atoms with Crippen molar-refractivity contribution in [3.05, 3.63) is 81.1 Å². The molecule has 5 nitrogen and oxygen atoms in total. The van der Waals surface area contributed by atoms with Gasteiger partial charge in [-0.15, -0.1) is 0 Å². The lowest BCUT2D eigenvalue weighted by atomic mass is 10.1. The first-order chi connectivity index (χ1) is 12.0. The molecule has 3 aromatic rings. The molecule has 0 fully saturated rings. The van der Waals surface area contributed by atoms with Gasteiger partial charge in [0.05, 0.1) is 5.69 Å². The summed E-state index contributed by atoms with van der Waals surface area (Å²) >= 11 is 3.38. The highest BCUT2D eigenvalue weighted by Gasteiger charge is 2.08. The molecule has 0 aliphatic heterocycles. The Morgan fingerprint density at radius 2 is 1.72 bits per heavy atom. The minimum absolute atomic E-state index is 0.142. The maximum Gasteiger partial charge on any atom is 0.267 e. The van der Waals surface area contributed by atoms with Crippen LogP contribution in [-0.2, 0) is 11.3 Å². The van der Waals surface area contributed by atoms with Crippen molar-refractivity contribution >= 4 is 27.5 Å². The molecular weight excluding hydrogens is 382 g/mol. The lowest BCUT2D eigenvalue weighted by molar-refractivity contribution is -0.117. The van der Waals surface area contributed by atoms with Crippen molar-refractivity contribution in [3.63, 3.8) is 0 Å². The Balaban J connectivity index is 1.78. The molecule has 1 amide bonds. The molecule has 0 spiro atoms. The topological polar surface area (TPSA) is 64.0 Å². The third-order valence-corrected chi connectivity index (χ3v) is 4.16.